The monoisotopic (exact) mass is 404 g/mol. The van der Waals surface area contributed by atoms with Gasteiger partial charge in [-0.15, -0.1) is 0 Å². The standard InChI is InChI=1S/C25H28N2O3/c1-30-19-9-7-8-17(16-19)23-22(25(29)26-14-5-2-6-15-26)20-10-3-4-11-21(20)24(28)27(23)18-12-13-18/h3-4,7-11,16,18,22-23H,2,5-6,12-15H2,1H3. The number of ether oxygens (including phenoxy) is 1. The van der Waals surface area contributed by atoms with E-state index in [9.17, 15) is 9.59 Å². The van der Waals surface area contributed by atoms with Gasteiger partial charge in [-0.25, -0.2) is 0 Å². The Hall–Kier alpha value is -2.82. The van der Waals surface area contributed by atoms with Crippen LogP contribution in [0.3, 0.4) is 0 Å². The van der Waals surface area contributed by atoms with Gasteiger partial charge in [0.1, 0.15) is 5.75 Å². The Kier molecular flexibility index (Phi) is 4.97. The molecule has 0 spiro atoms. The van der Waals surface area contributed by atoms with Crippen molar-refractivity contribution in [2.75, 3.05) is 20.2 Å². The highest BCUT2D eigenvalue weighted by molar-refractivity contribution is 6.01. The molecule has 2 fully saturated rings. The van der Waals surface area contributed by atoms with Crippen LogP contribution in [0, 0.1) is 0 Å². The number of hydrogen-bond acceptors (Lipinski definition) is 3. The second-order valence-corrected chi connectivity index (χ2v) is 8.62. The lowest BCUT2D eigenvalue weighted by molar-refractivity contribution is -0.135. The second kappa shape index (κ2) is 7.78. The van der Waals surface area contributed by atoms with E-state index in [2.05, 4.69) is 0 Å². The van der Waals surface area contributed by atoms with Crippen molar-refractivity contribution in [3.63, 3.8) is 0 Å². The zero-order valence-electron chi connectivity index (χ0n) is 17.4. The normalized spacial score (nSPS) is 23.8. The maximum absolute atomic E-state index is 13.9. The Bertz CT molecular complexity index is 962. The molecule has 3 aliphatic rings. The average Bonchev–Trinajstić information content (AvgIpc) is 3.64. The lowest BCUT2D eigenvalue weighted by Gasteiger charge is -2.44. The molecule has 30 heavy (non-hydrogen) atoms. The van der Waals surface area contributed by atoms with Gasteiger partial charge in [0.05, 0.1) is 19.1 Å². The van der Waals surface area contributed by atoms with Crippen LogP contribution in [-0.4, -0.2) is 47.9 Å². The van der Waals surface area contributed by atoms with Crippen molar-refractivity contribution in [2.45, 2.75) is 50.1 Å². The van der Waals surface area contributed by atoms with Gasteiger partial charge in [-0.1, -0.05) is 30.3 Å². The third-order valence-corrected chi connectivity index (χ3v) is 6.69. The van der Waals surface area contributed by atoms with E-state index < -0.39 is 0 Å². The van der Waals surface area contributed by atoms with E-state index in [-0.39, 0.29) is 29.8 Å². The number of fused-ring (bicyclic) bond motifs is 1. The first-order valence-electron chi connectivity index (χ1n) is 11.0. The number of rotatable bonds is 4. The summed E-state index contributed by atoms with van der Waals surface area (Å²) in [6, 6.07) is 15.5. The fourth-order valence-electron chi connectivity index (χ4n) is 5.06. The summed E-state index contributed by atoms with van der Waals surface area (Å²) in [5.74, 6) is 0.556. The second-order valence-electron chi connectivity index (χ2n) is 8.62. The number of carbonyl (C=O) groups excluding carboxylic acids is 2. The lowest BCUT2D eigenvalue weighted by atomic mass is 9.78. The molecular weight excluding hydrogens is 376 g/mol. The molecule has 1 aliphatic carbocycles. The Morgan fingerprint density at radius 2 is 1.77 bits per heavy atom. The summed E-state index contributed by atoms with van der Waals surface area (Å²) in [6.07, 6.45) is 5.28. The number of carbonyl (C=O) groups is 2. The van der Waals surface area contributed by atoms with Gasteiger partial charge in [-0.2, -0.15) is 0 Å². The summed E-state index contributed by atoms with van der Waals surface area (Å²) in [7, 11) is 1.65. The van der Waals surface area contributed by atoms with Gasteiger partial charge < -0.3 is 14.5 Å². The quantitative estimate of drug-likeness (QED) is 0.769. The van der Waals surface area contributed by atoms with Crippen molar-refractivity contribution in [3.05, 3.63) is 65.2 Å². The van der Waals surface area contributed by atoms with Gasteiger partial charge in [0.25, 0.3) is 5.91 Å². The van der Waals surface area contributed by atoms with Crippen LogP contribution in [0.2, 0.25) is 0 Å². The predicted octanol–water partition coefficient (Wildman–Crippen LogP) is 4.15. The number of hydrogen-bond donors (Lipinski definition) is 0. The minimum Gasteiger partial charge on any atom is -0.497 e. The number of benzene rings is 2. The van der Waals surface area contributed by atoms with Crippen molar-refractivity contribution in [1.82, 2.24) is 9.80 Å². The number of piperidine rings is 1. The van der Waals surface area contributed by atoms with Crippen LogP contribution < -0.4 is 4.74 Å². The predicted molar refractivity (Wildman–Crippen MR) is 115 cm³/mol. The maximum Gasteiger partial charge on any atom is 0.254 e. The Balaban J connectivity index is 1.66. The molecule has 1 saturated heterocycles. The van der Waals surface area contributed by atoms with Crippen LogP contribution in [0.5, 0.6) is 5.75 Å². The van der Waals surface area contributed by atoms with Gasteiger partial charge in [0.2, 0.25) is 5.91 Å². The molecule has 2 unspecified atom stereocenters. The zero-order chi connectivity index (χ0) is 20.7. The van der Waals surface area contributed by atoms with Crippen LogP contribution in [0.15, 0.2) is 48.5 Å². The summed E-state index contributed by atoms with van der Waals surface area (Å²) in [6.45, 7) is 1.61. The van der Waals surface area contributed by atoms with Crippen molar-refractivity contribution < 1.29 is 14.3 Å². The molecule has 0 aromatic heterocycles. The van der Waals surface area contributed by atoms with Crippen LogP contribution in [0.4, 0.5) is 0 Å². The molecule has 0 N–H and O–H groups in total. The van der Waals surface area contributed by atoms with Gasteiger partial charge in [0.15, 0.2) is 0 Å². The van der Waals surface area contributed by atoms with Crippen molar-refractivity contribution in [2.24, 2.45) is 0 Å². The third kappa shape index (κ3) is 3.26. The SMILES string of the molecule is COc1cccc(C2C(C(=O)N3CCCCC3)c3ccccc3C(=O)N2C2CC2)c1. The van der Waals surface area contributed by atoms with Gasteiger partial charge in [-0.3, -0.25) is 9.59 Å². The smallest absolute Gasteiger partial charge is 0.254 e. The van der Waals surface area contributed by atoms with Crippen LogP contribution >= 0.6 is 0 Å². The van der Waals surface area contributed by atoms with Gasteiger partial charge in [-0.05, 0) is 61.4 Å². The first-order chi connectivity index (χ1) is 14.7. The highest BCUT2D eigenvalue weighted by Gasteiger charge is 2.49. The van der Waals surface area contributed by atoms with Crippen LogP contribution in [0.1, 0.15) is 65.5 Å². The Labute approximate surface area is 177 Å². The van der Waals surface area contributed by atoms with Crippen LogP contribution in [-0.2, 0) is 4.79 Å². The maximum atomic E-state index is 13.9. The van der Waals surface area contributed by atoms with Crippen molar-refractivity contribution in [1.29, 1.82) is 0 Å². The Morgan fingerprint density at radius 3 is 2.50 bits per heavy atom. The average molecular weight is 405 g/mol. The molecule has 2 heterocycles. The first-order valence-corrected chi connectivity index (χ1v) is 11.0. The van der Waals surface area contributed by atoms with E-state index in [4.69, 9.17) is 4.74 Å². The number of likely N-dealkylation sites (tertiary alicyclic amines) is 1. The minimum absolute atomic E-state index is 0.0450. The highest BCUT2D eigenvalue weighted by Crippen LogP contribution is 2.48. The highest BCUT2D eigenvalue weighted by atomic mass is 16.5. The molecule has 5 nitrogen and oxygen atoms in total. The van der Waals surface area contributed by atoms with E-state index in [1.54, 1.807) is 7.11 Å². The zero-order valence-corrected chi connectivity index (χ0v) is 17.4. The summed E-state index contributed by atoms with van der Waals surface area (Å²) in [5, 5.41) is 0. The molecule has 2 amide bonds. The summed E-state index contributed by atoms with van der Waals surface area (Å²) < 4.78 is 5.47. The van der Waals surface area contributed by atoms with E-state index >= 15 is 0 Å². The largest absolute Gasteiger partial charge is 0.497 e. The fourth-order valence-corrected chi connectivity index (χ4v) is 5.06. The molecule has 5 rings (SSSR count). The lowest BCUT2D eigenvalue weighted by Crippen LogP contribution is -2.50. The van der Waals surface area contributed by atoms with E-state index in [1.165, 1.54) is 6.42 Å². The van der Waals surface area contributed by atoms with Crippen molar-refractivity contribution in [3.8, 4) is 5.75 Å². The molecule has 156 valence electrons. The number of nitrogens with zero attached hydrogens (tertiary/aromatic N) is 2. The molecular formula is C25H28N2O3. The molecule has 2 aromatic rings. The third-order valence-electron chi connectivity index (χ3n) is 6.69. The molecule has 2 aliphatic heterocycles. The number of amides is 2. The molecule has 2 aromatic carbocycles. The molecule has 1 saturated carbocycles. The van der Waals surface area contributed by atoms with E-state index in [0.717, 1.165) is 55.6 Å². The first kappa shape index (κ1) is 19.2. The fraction of sp³-hybridized carbons (Fsp3) is 0.440. The summed E-state index contributed by atoms with van der Waals surface area (Å²) >= 11 is 0. The van der Waals surface area contributed by atoms with Crippen molar-refractivity contribution >= 4 is 11.8 Å². The Morgan fingerprint density at radius 1 is 1.00 bits per heavy atom. The molecule has 0 bridgehead atoms. The van der Waals surface area contributed by atoms with Gasteiger partial charge in [0, 0.05) is 24.7 Å². The van der Waals surface area contributed by atoms with E-state index in [1.807, 2.05) is 58.3 Å². The summed E-state index contributed by atoms with van der Waals surface area (Å²) in [5.41, 5.74) is 2.51. The molecule has 5 heteroatoms. The minimum atomic E-state index is -0.385. The van der Waals surface area contributed by atoms with Crippen LogP contribution in [0.25, 0.3) is 0 Å². The van der Waals surface area contributed by atoms with E-state index in [0.29, 0.717) is 5.56 Å². The molecule has 0 radical (unpaired) electrons. The number of methoxy groups -OCH3 is 1. The topological polar surface area (TPSA) is 49.9 Å². The summed E-state index contributed by atoms with van der Waals surface area (Å²) in [4.78, 5) is 31.5. The van der Waals surface area contributed by atoms with Gasteiger partial charge >= 0.3 is 0 Å². The molecule has 2 atom stereocenters.